The summed E-state index contributed by atoms with van der Waals surface area (Å²) in [6.07, 6.45) is 5.57. The number of rotatable bonds is 13. The molecule has 1 fully saturated rings. The number of aliphatic hydroxyl groups excluding tert-OH is 1. The molecule has 0 amide bonds. The van der Waals surface area contributed by atoms with Crippen LogP contribution in [0.2, 0.25) is 0 Å². The maximum absolute atomic E-state index is 13.5. The highest BCUT2D eigenvalue weighted by Crippen LogP contribution is 2.33. The number of hydrogen-bond acceptors (Lipinski definition) is 9. The third kappa shape index (κ3) is 9.00. The van der Waals surface area contributed by atoms with E-state index in [1.54, 1.807) is 18.2 Å². The molecule has 0 atom stereocenters. The van der Waals surface area contributed by atoms with Gasteiger partial charge in [-0.15, -0.1) is 0 Å². The Hall–Kier alpha value is -4.05. The number of H-pyrrole nitrogens is 1. The van der Waals surface area contributed by atoms with Gasteiger partial charge in [-0.1, -0.05) is 20.3 Å². The highest BCUT2D eigenvalue weighted by atomic mass is 32.2. The van der Waals surface area contributed by atoms with Crippen LogP contribution < -0.4 is 10.3 Å². The lowest BCUT2D eigenvalue weighted by molar-refractivity contribution is -0.134. The first-order chi connectivity index (χ1) is 21.5. The molecule has 1 aliphatic heterocycles. The molecule has 0 unspecified atom stereocenters. The number of aryl methyl sites for hydroxylation is 2. The average molecular weight is 648 g/mol. The van der Waals surface area contributed by atoms with Crippen LogP contribution in [0.4, 0.5) is 0 Å². The van der Waals surface area contributed by atoms with Gasteiger partial charge in [-0.05, 0) is 43.5 Å². The quantitative estimate of drug-likeness (QED) is 0.199. The average Bonchev–Trinajstić information content (AvgIpc) is 3.37. The number of fused-ring (bicyclic) bond motifs is 1. The number of nitrogens with zero attached hydrogens (tertiary/aromatic N) is 4. The van der Waals surface area contributed by atoms with Crippen molar-refractivity contribution in [3.63, 3.8) is 0 Å². The molecule has 0 spiro atoms. The second-order valence-corrected chi connectivity index (χ2v) is 12.2. The maximum Gasteiger partial charge on any atom is 0.328 e. The van der Waals surface area contributed by atoms with Crippen molar-refractivity contribution in [3.8, 4) is 17.1 Å². The number of nitrogens with one attached hydrogen (secondary N) is 1. The molecule has 45 heavy (non-hydrogen) atoms. The zero-order valence-electron chi connectivity index (χ0n) is 25.7. The van der Waals surface area contributed by atoms with Gasteiger partial charge in [-0.3, -0.25) is 9.69 Å². The Labute approximate surface area is 261 Å². The molecular weight excluding hydrogens is 606 g/mol. The maximum atomic E-state index is 13.5. The first-order valence-corrected chi connectivity index (χ1v) is 16.3. The van der Waals surface area contributed by atoms with Crippen LogP contribution >= 0.6 is 0 Å². The summed E-state index contributed by atoms with van der Waals surface area (Å²) in [5.41, 5.74) is 2.33. The van der Waals surface area contributed by atoms with Gasteiger partial charge in [0, 0.05) is 57.6 Å². The van der Waals surface area contributed by atoms with Crippen LogP contribution in [0.3, 0.4) is 0 Å². The molecule has 15 heteroatoms. The molecule has 0 bridgehead atoms. The van der Waals surface area contributed by atoms with Crippen molar-refractivity contribution in [1.29, 1.82) is 0 Å². The molecule has 0 radical (unpaired) electrons. The summed E-state index contributed by atoms with van der Waals surface area (Å²) in [7, 11) is -3.77. The van der Waals surface area contributed by atoms with Gasteiger partial charge in [0.25, 0.3) is 5.56 Å². The number of aromatic amines is 1. The molecule has 1 aliphatic rings. The lowest BCUT2D eigenvalue weighted by atomic mass is 10.1. The normalized spacial score (nSPS) is 14.4. The van der Waals surface area contributed by atoms with E-state index in [9.17, 15) is 27.9 Å². The number of carbonyl (C=O) groups is 2. The van der Waals surface area contributed by atoms with E-state index in [0.29, 0.717) is 86.2 Å². The molecule has 1 aromatic carbocycles. The van der Waals surface area contributed by atoms with E-state index in [4.69, 9.17) is 19.9 Å². The summed E-state index contributed by atoms with van der Waals surface area (Å²) in [6, 6.07) is 4.76. The number of aromatic nitrogens is 3. The molecule has 4 rings (SSSR count). The number of β-amino-alcohol motifs (C(OH)–C–C–N with tert-alkyl or cyclic N) is 1. The zero-order valence-corrected chi connectivity index (χ0v) is 26.5. The fourth-order valence-corrected chi connectivity index (χ4v) is 6.37. The summed E-state index contributed by atoms with van der Waals surface area (Å²) in [5.74, 6) is -1.75. The van der Waals surface area contributed by atoms with Crippen molar-refractivity contribution in [2.45, 2.75) is 51.5 Å². The first-order valence-electron chi connectivity index (χ1n) is 14.8. The van der Waals surface area contributed by atoms with Gasteiger partial charge in [-0.2, -0.15) is 4.31 Å². The van der Waals surface area contributed by atoms with Gasteiger partial charge in [0.1, 0.15) is 17.1 Å². The van der Waals surface area contributed by atoms with Crippen LogP contribution in [0.25, 0.3) is 22.4 Å². The third-order valence-electron chi connectivity index (χ3n) is 7.08. The van der Waals surface area contributed by atoms with Gasteiger partial charge < -0.3 is 29.6 Å². The second kappa shape index (κ2) is 16.3. The van der Waals surface area contributed by atoms with Crippen LogP contribution in [-0.2, 0) is 32.6 Å². The minimum atomic E-state index is -3.77. The third-order valence-corrected chi connectivity index (χ3v) is 8.97. The summed E-state index contributed by atoms with van der Waals surface area (Å²) < 4.78 is 36.4. The fourth-order valence-electron chi connectivity index (χ4n) is 4.92. The summed E-state index contributed by atoms with van der Waals surface area (Å²) in [6.45, 7) is 9.54. The minimum Gasteiger partial charge on any atom is -0.493 e. The number of ether oxygens (including phenoxy) is 1. The van der Waals surface area contributed by atoms with E-state index < -0.39 is 22.0 Å². The molecular formula is C30H41N5O9S. The number of benzene rings is 1. The van der Waals surface area contributed by atoms with Crippen LogP contribution in [-0.4, -0.2) is 105 Å². The minimum absolute atomic E-state index is 0.0481. The van der Waals surface area contributed by atoms with Crippen molar-refractivity contribution in [3.05, 3.63) is 52.5 Å². The van der Waals surface area contributed by atoms with Crippen molar-refractivity contribution in [1.82, 2.24) is 23.7 Å². The number of carboxylic acids is 2. The largest absolute Gasteiger partial charge is 0.493 e. The van der Waals surface area contributed by atoms with Gasteiger partial charge >= 0.3 is 11.9 Å². The molecule has 2 aromatic heterocycles. The topological polar surface area (TPSA) is 195 Å². The summed E-state index contributed by atoms with van der Waals surface area (Å²) in [5, 5.41) is 24.8. The van der Waals surface area contributed by atoms with Crippen molar-refractivity contribution in [2.75, 3.05) is 45.9 Å². The molecule has 4 N–H and O–H groups in total. The summed E-state index contributed by atoms with van der Waals surface area (Å²) >= 11 is 0. The van der Waals surface area contributed by atoms with E-state index >= 15 is 0 Å². The molecule has 246 valence electrons. The Kier molecular flexibility index (Phi) is 12.8. The van der Waals surface area contributed by atoms with Crippen LogP contribution in [0, 0.1) is 0 Å². The predicted octanol–water partition coefficient (Wildman–Crippen LogP) is 2.16. The Morgan fingerprint density at radius 3 is 2.27 bits per heavy atom. The molecule has 1 saturated heterocycles. The van der Waals surface area contributed by atoms with Crippen molar-refractivity contribution in [2.24, 2.45) is 0 Å². The lowest BCUT2D eigenvalue weighted by Crippen LogP contribution is -2.49. The highest BCUT2D eigenvalue weighted by Gasteiger charge is 2.29. The van der Waals surface area contributed by atoms with Crippen molar-refractivity contribution >= 4 is 33.0 Å². The van der Waals surface area contributed by atoms with Gasteiger partial charge in [-0.25, -0.2) is 23.0 Å². The number of hydrogen-bond donors (Lipinski definition) is 4. The second-order valence-electron chi connectivity index (χ2n) is 10.3. The lowest BCUT2D eigenvalue weighted by Gasteiger charge is -2.33. The van der Waals surface area contributed by atoms with E-state index in [1.807, 2.05) is 29.5 Å². The predicted molar refractivity (Wildman–Crippen MR) is 168 cm³/mol. The number of aliphatic carboxylic acids is 2. The molecule has 14 nitrogen and oxygen atoms in total. The van der Waals surface area contributed by atoms with E-state index in [0.717, 1.165) is 24.8 Å². The Morgan fingerprint density at radius 1 is 1.04 bits per heavy atom. The van der Waals surface area contributed by atoms with Crippen LogP contribution in [0.5, 0.6) is 5.75 Å². The fraction of sp³-hybridized carbons (Fsp3) is 0.467. The highest BCUT2D eigenvalue weighted by molar-refractivity contribution is 7.89. The molecule has 3 heterocycles. The number of sulfonamides is 1. The molecule has 0 saturated carbocycles. The standard InChI is InChI=1S/C26H37N5O5S.C4H4O4/c1-4-7-19-18-30(6-3)24-23(19)27-25(28-26(24)33)21-17-20(8-9-22(21)36-16-5-2)37(34,35)31-12-10-29(11-13-31)14-15-32;5-3(6)1-2-4(7)8/h8-9,17-18,32H,4-7,10-16H2,1-3H3,(H,27,28,33);1-2H,(H,5,6)(H,7,8)/b;2-1-. The summed E-state index contributed by atoms with van der Waals surface area (Å²) in [4.78, 5) is 42.2. The Morgan fingerprint density at radius 2 is 1.71 bits per heavy atom. The Bertz CT molecular complexity index is 1660. The first kappa shape index (κ1) is 35.4. The van der Waals surface area contributed by atoms with E-state index in [1.165, 1.54) is 4.31 Å². The zero-order chi connectivity index (χ0) is 33.1. The van der Waals surface area contributed by atoms with Gasteiger partial charge in [0.05, 0.1) is 29.2 Å². The van der Waals surface area contributed by atoms with Crippen LogP contribution in [0.1, 0.15) is 39.2 Å². The number of aliphatic hydroxyl groups is 1. The monoisotopic (exact) mass is 647 g/mol. The Balaban J connectivity index is 0.000000610. The van der Waals surface area contributed by atoms with Gasteiger partial charge in [0.2, 0.25) is 10.0 Å². The van der Waals surface area contributed by atoms with Gasteiger partial charge in [0.15, 0.2) is 0 Å². The number of piperazine rings is 1. The molecule has 0 aliphatic carbocycles. The SMILES string of the molecule is CCCOc1ccc(S(=O)(=O)N2CCN(CCO)CC2)cc1-c1nc2c(CCC)cn(CC)c2c(=O)[nH]1.O=C(O)/C=C\C(=O)O. The van der Waals surface area contributed by atoms with E-state index in [-0.39, 0.29) is 17.1 Å². The number of carboxylic acid groups (broad SMARTS) is 2. The molecule has 3 aromatic rings. The van der Waals surface area contributed by atoms with E-state index in [2.05, 4.69) is 11.9 Å². The van der Waals surface area contributed by atoms with Crippen LogP contribution in [0.15, 0.2) is 46.2 Å². The smallest absolute Gasteiger partial charge is 0.328 e. The van der Waals surface area contributed by atoms with Crippen molar-refractivity contribution < 1.29 is 38.1 Å².